The van der Waals surface area contributed by atoms with Gasteiger partial charge in [0.1, 0.15) is 5.75 Å². The van der Waals surface area contributed by atoms with Gasteiger partial charge in [-0.3, -0.25) is 0 Å². The van der Waals surface area contributed by atoms with Crippen LogP contribution in [0.25, 0.3) is 0 Å². The van der Waals surface area contributed by atoms with Crippen molar-refractivity contribution in [1.29, 1.82) is 0 Å². The second-order valence-corrected chi connectivity index (χ2v) is 7.34. The van der Waals surface area contributed by atoms with E-state index in [0.717, 1.165) is 11.7 Å². The lowest BCUT2D eigenvalue weighted by Gasteiger charge is -2.34. The zero-order valence-electron chi connectivity index (χ0n) is 12.3. The van der Waals surface area contributed by atoms with Crippen molar-refractivity contribution in [3.05, 3.63) is 29.3 Å². The second-order valence-electron chi connectivity index (χ2n) is 6.20. The largest absolute Gasteiger partial charge is 0.508 e. The van der Waals surface area contributed by atoms with Gasteiger partial charge < -0.3 is 10.4 Å². The minimum atomic E-state index is 0.407. The molecule has 0 saturated heterocycles. The van der Waals surface area contributed by atoms with E-state index < -0.39 is 0 Å². The molecule has 3 rings (SSSR count). The maximum absolute atomic E-state index is 9.63. The van der Waals surface area contributed by atoms with Crippen molar-refractivity contribution in [2.24, 2.45) is 0 Å². The van der Waals surface area contributed by atoms with Crippen molar-refractivity contribution in [1.82, 2.24) is 5.32 Å². The van der Waals surface area contributed by atoms with Crippen LogP contribution in [0.5, 0.6) is 5.75 Å². The van der Waals surface area contributed by atoms with Crippen LogP contribution in [0.3, 0.4) is 0 Å². The van der Waals surface area contributed by atoms with E-state index in [1.807, 2.05) is 23.9 Å². The van der Waals surface area contributed by atoms with Gasteiger partial charge in [-0.1, -0.05) is 6.07 Å². The number of hydrogen-bond donors (Lipinski definition) is 2. The number of rotatable bonds is 3. The second kappa shape index (κ2) is 6.40. The molecule has 0 aliphatic heterocycles. The Bertz CT molecular complexity index is 454. The van der Waals surface area contributed by atoms with Gasteiger partial charge in [0.25, 0.3) is 0 Å². The SMILES string of the molecule is CSC1CCC(NC2CCCc3cc(O)ccc32)CC1. The third kappa shape index (κ3) is 3.15. The Morgan fingerprint density at radius 3 is 2.70 bits per heavy atom. The molecule has 2 aliphatic rings. The first-order chi connectivity index (χ1) is 9.76. The van der Waals surface area contributed by atoms with Gasteiger partial charge in [0, 0.05) is 17.3 Å². The predicted molar refractivity (Wildman–Crippen MR) is 86.5 cm³/mol. The van der Waals surface area contributed by atoms with Crippen molar-refractivity contribution in [3.8, 4) is 5.75 Å². The van der Waals surface area contributed by atoms with Crippen LogP contribution in [-0.4, -0.2) is 22.7 Å². The Balaban J connectivity index is 1.65. The molecule has 1 aromatic carbocycles. The summed E-state index contributed by atoms with van der Waals surface area (Å²) in [5, 5.41) is 14.4. The molecule has 1 fully saturated rings. The molecule has 0 amide bonds. The third-order valence-corrected chi connectivity index (χ3v) is 6.02. The Labute approximate surface area is 126 Å². The summed E-state index contributed by atoms with van der Waals surface area (Å²) in [7, 11) is 0. The number of phenolic OH excluding ortho intramolecular Hbond substituents is 1. The van der Waals surface area contributed by atoms with Crippen molar-refractivity contribution in [2.75, 3.05) is 6.26 Å². The van der Waals surface area contributed by atoms with E-state index in [0.29, 0.717) is 17.8 Å². The Morgan fingerprint density at radius 1 is 1.15 bits per heavy atom. The van der Waals surface area contributed by atoms with Crippen molar-refractivity contribution in [3.63, 3.8) is 0 Å². The van der Waals surface area contributed by atoms with E-state index in [4.69, 9.17) is 0 Å². The summed E-state index contributed by atoms with van der Waals surface area (Å²) in [5.74, 6) is 0.407. The van der Waals surface area contributed by atoms with Crippen LogP contribution in [0.15, 0.2) is 18.2 Å². The molecule has 1 atom stereocenters. The van der Waals surface area contributed by atoms with E-state index in [1.54, 1.807) is 0 Å². The van der Waals surface area contributed by atoms with Crippen LogP contribution in [0.1, 0.15) is 55.7 Å². The molecule has 3 heteroatoms. The Kier molecular flexibility index (Phi) is 4.57. The monoisotopic (exact) mass is 291 g/mol. The van der Waals surface area contributed by atoms with Gasteiger partial charge in [-0.15, -0.1) is 0 Å². The first-order valence-electron chi connectivity index (χ1n) is 7.87. The lowest BCUT2D eigenvalue weighted by atomic mass is 9.86. The summed E-state index contributed by atoms with van der Waals surface area (Å²) in [6.07, 6.45) is 11.2. The fraction of sp³-hybridized carbons (Fsp3) is 0.647. The highest BCUT2D eigenvalue weighted by Gasteiger charge is 2.26. The van der Waals surface area contributed by atoms with E-state index >= 15 is 0 Å². The number of aromatic hydroxyl groups is 1. The standard InChI is InChI=1S/C17H25NOS/c1-20-15-8-5-13(6-9-15)18-17-4-2-3-12-11-14(19)7-10-16(12)17/h7,10-11,13,15,17-19H,2-6,8-9H2,1H3. The smallest absolute Gasteiger partial charge is 0.115 e. The molecule has 0 bridgehead atoms. The molecular formula is C17H25NOS. The Hall–Kier alpha value is -0.670. The molecule has 1 unspecified atom stereocenters. The number of thioether (sulfide) groups is 1. The molecule has 2 N–H and O–H groups in total. The summed E-state index contributed by atoms with van der Waals surface area (Å²) < 4.78 is 0. The van der Waals surface area contributed by atoms with Gasteiger partial charge in [0.2, 0.25) is 0 Å². The predicted octanol–water partition coefficient (Wildman–Crippen LogP) is 4.03. The van der Waals surface area contributed by atoms with Crippen LogP contribution in [0.2, 0.25) is 0 Å². The highest BCUT2D eigenvalue weighted by Crippen LogP contribution is 2.34. The number of fused-ring (bicyclic) bond motifs is 1. The summed E-state index contributed by atoms with van der Waals surface area (Å²) in [4.78, 5) is 0. The maximum atomic E-state index is 9.63. The summed E-state index contributed by atoms with van der Waals surface area (Å²) in [6.45, 7) is 0. The first-order valence-corrected chi connectivity index (χ1v) is 9.15. The molecule has 2 aliphatic carbocycles. The molecule has 20 heavy (non-hydrogen) atoms. The van der Waals surface area contributed by atoms with E-state index in [-0.39, 0.29) is 0 Å². The lowest BCUT2D eigenvalue weighted by Crippen LogP contribution is -2.37. The zero-order valence-corrected chi connectivity index (χ0v) is 13.1. The van der Waals surface area contributed by atoms with Crippen LogP contribution in [0, 0.1) is 0 Å². The summed E-state index contributed by atoms with van der Waals surface area (Å²) in [6, 6.07) is 7.09. The van der Waals surface area contributed by atoms with E-state index in [2.05, 4.69) is 17.6 Å². The third-order valence-electron chi connectivity index (χ3n) is 4.89. The molecule has 110 valence electrons. The van der Waals surface area contributed by atoms with Gasteiger partial charge in [0.15, 0.2) is 0 Å². The number of phenols is 1. The number of aryl methyl sites for hydroxylation is 1. The molecule has 1 saturated carbocycles. The highest BCUT2D eigenvalue weighted by atomic mass is 32.2. The summed E-state index contributed by atoms with van der Waals surface area (Å²) >= 11 is 2.03. The van der Waals surface area contributed by atoms with Gasteiger partial charge in [0.05, 0.1) is 0 Å². The van der Waals surface area contributed by atoms with Gasteiger partial charge in [-0.25, -0.2) is 0 Å². The maximum Gasteiger partial charge on any atom is 0.115 e. The topological polar surface area (TPSA) is 32.3 Å². The van der Waals surface area contributed by atoms with Gasteiger partial charge >= 0.3 is 0 Å². The summed E-state index contributed by atoms with van der Waals surface area (Å²) in [5.41, 5.74) is 2.76. The fourth-order valence-electron chi connectivity index (χ4n) is 3.72. The normalized spacial score (nSPS) is 29.9. The molecule has 0 spiro atoms. The van der Waals surface area contributed by atoms with Crippen molar-refractivity contribution < 1.29 is 5.11 Å². The van der Waals surface area contributed by atoms with Gasteiger partial charge in [-0.05, 0) is 74.5 Å². The number of hydrogen-bond acceptors (Lipinski definition) is 3. The minimum absolute atomic E-state index is 0.407. The Morgan fingerprint density at radius 2 is 1.95 bits per heavy atom. The van der Waals surface area contributed by atoms with Crippen LogP contribution in [0.4, 0.5) is 0 Å². The van der Waals surface area contributed by atoms with Crippen LogP contribution in [-0.2, 0) is 6.42 Å². The minimum Gasteiger partial charge on any atom is -0.508 e. The molecule has 0 radical (unpaired) electrons. The average molecular weight is 291 g/mol. The van der Waals surface area contributed by atoms with E-state index in [1.165, 1.54) is 49.7 Å². The first kappa shape index (κ1) is 14.3. The van der Waals surface area contributed by atoms with Crippen LogP contribution < -0.4 is 5.32 Å². The number of nitrogens with one attached hydrogen (secondary N) is 1. The van der Waals surface area contributed by atoms with Crippen molar-refractivity contribution >= 4 is 11.8 Å². The van der Waals surface area contributed by atoms with Crippen LogP contribution >= 0.6 is 11.8 Å². The molecule has 0 aromatic heterocycles. The molecule has 2 nitrogen and oxygen atoms in total. The molecular weight excluding hydrogens is 266 g/mol. The zero-order chi connectivity index (χ0) is 13.9. The quantitative estimate of drug-likeness (QED) is 0.882. The average Bonchev–Trinajstić information content (AvgIpc) is 2.48. The van der Waals surface area contributed by atoms with E-state index in [9.17, 15) is 5.11 Å². The van der Waals surface area contributed by atoms with Crippen molar-refractivity contribution in [2.45, 2.75) is 62.3 Å². The fourth-order valence-corrected chi connectivity index (χ4v) is 4.47. The van der Waals surface area contributed by atoms with Gasteiger partial charge in [-0.2, -0.15) is 11.8 Å². The highest BCUT2D eigenvalue weighted by molar-refractivity contribution is 7.99. The molecule has 1 aromatic rings. The lowest BCUT2D eigenvalue weighted by molar-refractivity contribution is 0.324. The molecule has 0 heterocycles. The number of benzene rings is 1.